The van der Waals surface area contributed by atoms with E-state index in [-0.39, 0.29) is 27.1 Å². The summed E-state index contributed by atoms with van der Waals surface area (Å²) in [6.45, 7) is 0. The molecule has 6 aromatic carbocycles. The SMILES string of the molecule is O=C(c1ccc(Sc2ccc([S+](c3ccc(Sc4ccc(C(=O)C56CC7CC(CC(C7)C5)C6)cc4)cc3)c3ccc(Sc4ccc(C(=O)C56CC7CC(CC(C7)C5)C6)cc4)cc3)cc2)cc1)C12CC3CC(CC(C3)C1)C2. The number of Topliss-reactive ketones (excluding diaryl/α,β-unsaturated/α-hetero) is 3. The molecule has 3 nitrogen and oxygen atoms in total. The van der Waals surface area contributed by atoms with Gasteiger partial charge < -0.3 is 0 Å². The highest BCUT2D eigenvalue weighted by molar-refractivity contribution is 8.00. The van der Waals surface area contributed by atoms with E-state index in [0.717, 1.165) is 142 Å². The smallest absolute Gasteiger partial charge is 0.169 e. The zero-order valence-corrected chi connectivity index (χ0v) is 46.9. The van der Waals surface area contributed by atoms with E-state index < -0.39 is 0 Å². The molecule has 12 bridgehead atoms. The minimum atomic E-state index is -0.360. The van der Waals surface area contributed by atoms with Crippen LogP contribution in [0.1, 0.15) is 147 Å². The molecule has 12 fully saturated rings. The first-order chi connectivity index (χ1) is 37.1. The molecule has 76 heavy (non-hydrogen) atoms. The molecule has 12 aliphatic carbocycles. The molecule has 18 rings (SSSR count). The average molecular weight is 1070 g/mol. The highest BCUT2D eigenvalue weighted by Crippen LogP contribution is 2.63. The van der Waals surface area contributed by atoms with Gasteiger partial charge in [0.25, 0.3) is 0 Å². The van der Waals surface area contributed by atoms with Crippen molar-refractivity contribution >= 4 is 63.5 Å². The Hall–Kier alpha value is -4.27. The summed E-state index contributed by atoms with van der Waals surface area (Å²) in [5, 5.41) is 0. The fraction of sp³-hybridized carbons (Fsp3) is 0.435. The summed E-state index contributed by atoms with van der Waals surface area (Å²) in [7, 11) is -0.360. The van der Waals surface area contributed by atoms with Crippen molar-refractivity contribution in [3.63, 3.8) is 0 Å². The van der Waals surface area contributed by atoms with E-state index in [1.807, 2.05) is 0 Å². The molecule has 0 N–H and O–H groups in total. The molecular weight excluding hydrogens is 1010 g/mol. The zero-order chi connectivity index (χ0) is 50.8. The van der Waals surface area contributed by atoms with Gasteiger partial charge in [-0.05, 0) is 278 Å². The monoisotopic (exact) mass is 1070 g/mol. The number of ketones is 3. The van der Waals surface area contributed by atoms with Crippen molar-refractivity contribution in [3.05, 3.63) is 162 Å². The highest BCUT2D eigenvalue weighted by Gasteiger charge is 2.57. The lowest BCUT2D eigenvalue weighted by Gasteiger charge is -2.56. The van der Waals surface area contributed by atoms with Gasteiger partial charge in [0.1, 0.15) is 0 Å². The molecule has 0 radical (unpaired) electrons. The fourth-order valence-corrected chi connectivity index (χ4v) is 23.3. The lowest BCUT2D eigenvalue weighted by molar-refractivity contribution is -0.0353. The van der Waals surface area contributed by atoms with Crippen molar-refractivity contribution in [1.82, 2.24) is 0 Å². The van der Waals surface area contributed by atoms with Crippen LogP contribution in [0.25, 0.3) is 0 Å². The maximum atomic E-state index is 14.1. The van der Waals surface area contributed by atoms with Crippen LogP contribution in [0.2, 0.25) is 0 Å². The first kappa shape index (κ1) is 48.8. The average Bonchev–Trinajstić information content (AvgIpc) is 3.56. The van der Waals surface area contributed by atoms with Crippen LogP contribution in [0.5, 0.6) is 0 Å². The Kier molecular flexibility index (Phi) is 12.4. The second kappa shape index (κ2) is 19.2. The maximum absolute atomic E-state index is 14.1. The van der Waals surface area contributed by atoms with Crippen LogP contribution >= 0.6 is 35.3 Å². The van der Waals surface area contributed by atoms with Crippen molar-refractivity contribution < 1.29 is 14.4 Å². The minimum Gasteiger partial charge on any atom is -0.294 e. The molecule has 12 aliphatic rings. The normalized spacial score (nSPS) is 33.4. The zero-order valence-electron chi connectivity index (χ0n) is 43.6. The van der Waals surface area contributed by atoms with Gasteiger partial charge in [-0.15, -0.1) is 0 Å². The molecule has 0 amide bonds. The van der Waals surface area contributed by atoms with E-state index in [1.165, 1.54) is 87.2 Å². The summed E-state index contributed by atoms with van der Waals surface area (Å²) in [4.78, 5) is 53.1. The summed E-state index contributed by atoms with van der Waals surface area (Å²) >= 11 is 5.29. The molecule has 0 heterocycles. The molecule has 7 heteroatoms. The van der Waals surface area contributed by atoms with Crippen LogP contribution in [0, 0.1) is 69.5 Å². The van der Waals surface area contributed by atoms with Gasteiger partial charge in [0.05, 0.1) is 10.9 Å². The predicted octanol–water partition coefficient (Wildman–Crippen LogP) is 18.4. The largest absolute Gasteiger partial charge is 0.294 e. The first-order valence-electron chi connectivity index (χ1n) is 29.1. The summed E-state index contributed by atoms with van der Waals surface area (Å²) in [6, 6.07) is 52.9. The number of hydrogen-bond donors (Lipinski definition) is 0. The standard InChI is InChI=1S/C69H69O3S4/c70-64(67-34-43-25-44(35-67)27-45(26-43)36-67)52-1-7-55(8-2-52)73-58-13-19-61(20-14-58)76(62-21-15-59(16-22-62)74-56-9-3-53(4-10-56)65(71)68-37-46-28-47(38-68)30-48(29-46)39-68)63-23-17-60(18-24-63)75-57-11-5-54(6-12-57)66(72)69-40-49-31-50(41-69)33-51(32-49)42-69/h1-24,43-51H,25-42H2/q+1. The Morgan fingerprint density at radius 3 is 0.632 bits per heavy atom. The summed E-state index contributed by atoms with van der Waals surface area (Å²) in [6.07, 6.45) is 22.1. The van der Waals surface area contributed by atoms with Gasteiger partial charge in [-0.1, -0.05) is 71.7 Å². The number of benzene rings is 6. The first-order valence-corrected chi connectivity index (χ1v) is 32.8. The maximum Gasteiger partial charge on any atom is 0.169 e. The lowest BCUT2D eigenvalue weighted by atomic mass is 9.48. The van der Waals surface area contributed by atoms with Crippen molar-refractivity contribution in [1.29, 1.82) is 0 Å². The van der Waals surface area contributed by atoms with E-state index in [1.54, 1.807) is 35.3 Å². The summed E-state index contributed by atoms with van der Waals surface area (Å²) < 4.78 is 0. The fourth-order valence-electron chi connectivity index (χ4n) is 18.9. The highest BCUT2D eigenvalue weighted by atomic mass is 32.2. The van der Waals surface area contributed by atoms with Crippen molar-refractivity contribution in [2.75, 3.05) is 0 Å². The molecular formula is C69H69O3S4+. The summed E-state index contributed by atoms with van der Waals surface area (Å²) in [5.74, 6) is 8.06. The van der Waals surface area contributed by atoms with Crippen molar-refractivity contribution in [2.24, 2.45) is 69.5 Å². The Morgan fingerprint density at radius 2 is 0.447 bits per heavy atom. The minimum absolute atomic E-state index is 0.112. The van der Waals surface area contributed by atoms with Crippen LogP contribution in [-0.4, -0.2) is 17.3 Å². The van der Waals surface area contributed by atoms with Crippen LogP contribution < -0.4 is 0 Å². The van der Waals surface area contributed by atoms with Crippen LogP contribution in [0.3, 0.4) is 0 Å². The van der Waals surface area contributed by atoms with E-state index in [2.05, 4.69) is 146 Å². The third kappa shape index (κ3) is 9.05. The molecule has 6 aromatic rings. The van der Waals surface area contributed by atoms with E-state index in [4.69, 9.17) is 0 Å². The van der Waals surface area contributed by atoms with Crippen LogP contribution in [0.15, 0.2) is 190 Å². The number of carbonyl (C=O) groups is 3. The van der Waals surface area contributed by atoms with E-state index in [9.17, 15) is 14.4 Å². The van der Waals surface area contributed by atoms with Crippen LogP contribution in [-0.2, 0) is 10.9 Å². The van der Waals surface area contributed by atoms with Crippen molar-refractivity contribution in [2.45, 2.75) is 160 Å². The molecule has 386 valence electrons. The van der Waals surface area contributed by atoms with Gasteiger partial charge >= 0.3 is 0 Å². The summed E-state index contributed by atoms with van der Waals surface area (Å²) in [5.41, 5.74) is 2.35. The van der Waals surface area contributed by atoms with Gasteiger partial charge in [-0.25, -0.2) is 0 Å². The Balaban J connectivity index is 0.652. The Bertz CT molecular complexity index is 2740. The molecule has 0 aliphatic heterocycles. The predicted molar refractivity (Wildman–Crippen MR) is 308 cm³/mol. The second-order valence-electron chi connectivity index (χ2n) is 26.2. The molecule has 0 aromatic heterocycles. The molecule has 0 saturated heterocycles. The van der Waals surface area contributed by atoms with Gasteiger partial charge in [-0.2, -0.15) is 0 Å². The van der Waals surface area contributed by atoms with Gasteiger partial charge in [0, 0.05) is 62.3 Å². The van der Waals surface area contributed by atoms with Crippen LogP contribution in [0.4, 0.5) is 0 Å². The quantitative estimate of drug-likeness (QED) is 0.0754. The number of hydrogen-bond acceptors (Lipinski definition) is 6. The molecule has 0 unspecified atom stereocenters. The topological polar surface area (TPSA) is 51.2 Å². The lowest BCUT2D eigenvalue weighted by Crippen LogP contribution is -2.50. The van der Waals surface area contributed by atoms with Gasteiger partial charge in [-0.3, -0.25) is 14.4 Å². The van der Waals surface area contributed by atoms with Crippen molar-refractivity contribution in [3.8, 4) is 0 Å². The molecule has 12 saturated carbocycles. The van der Waals surface area contributed by atoms with E-state index >= 15 is 0 Å². The third-order valence-corrected chi connectivity index (χ3v) is 26.1. The molecule has 0 spiro atoms. The third-order valence-electron chi connectivity index (χ3n) is 20.8. The number of rotatable bonds is 15. The Labute approximate surface area is 466 Å². The number of carbonyl (C=O) groups excluding carboxylic acids is 3. The van der Waals surface area contributed by atoms with Gasteiger partial charge in [0.15, 0.2) is 32.0 Å². The molecule has 0 atom stereocenters. The Morgan fingerprint density at radius 1 is 0.276 bits per heavy atom. The van der Waals surface area contributed by atoms with Gasteiger partial charge in [0.2, 0.25) is 0 Å². The van der Waals surface area contributed by atoms with E-state index in [0.29, 0.717) is 17.3 Å². The second-order valence-corrected chi connectivity index (χ2v) is 31.6.